The van der Waals surface area contributed by atoms with Crippen LogP contribution in [0.2, 0.25) is 0 Å². The highest BCUT2D eigenvalue weighted by atomic mass is 16.5. The third kappa shape index (κ3) is 3.81. The van der Waals surface area contributed by atoms with Crippen LogP contribution in [0.3, 0.4) is 0 Å². The van der Waals surface area contributed by atoms with E-state index in [0.717, 1.165) is 38.0 Å². The van der Waals surface area contributed by atoms with Crippen molar-refractivity contribution in [3.63, 3.8) is 0 Å². The van der Waals surface area contributed by atoms with Gasteiger partial charge in [0, 0.05) is 31.9 Å². The quantitative estimate of drug-likeness (QED) is 0.860. The van der Waals surface area contributed by atoms with E-state index in [9.17, 15) is 14.7 Å². The molecule has 1 aromatic rings. The second kappa shape index (κ2) is 7.50. The largest absolute Gasteiger partial charge is 0.481 e. The first-order valence-corrected chi connectivity index (χ1v) is 10.0. The van der Waals surface area contributed by atoms with Crippen LogP contribution in [0.25, 0.3) is 0 Å². The average Bonchev–Trinajstić information content (AvgIpc) is 3.52. The molecule has 0 bridgehead atoms. The molecule has 27 heavy (non-hydrogen) atoms. The van der Waals surface area contributed by atoms with Crippen LogP contribution in [-0.2, 0) is 9.53 Å². The van der Waals surface area contributed by atoms with Gasteiger partial charge in [-0.15, -0.1) is 0 Å². The van der Waals surface area contributed by atoms with Crippen molar-refractivity contribution in [3.05, 3.63) is 29.8 Å². The van der Waals surface area contributed by atoms with Gasteiger partial charge in [-0.3, -0.25) is 9.59 Å². The SMILES string of the molecule is O=C(c1ccccc1N1CCOCC1)N1CCC[C@@](CC2CC2)(C(=O)O)C1. The summed E-state index contributed by atoms with van der Waals surface area (Å²) in [6.45, 7) is 3.83. The predicted octanol–water partition coefficient (Wildman–Crippen LogP) is 2.63. The number of likely N-dealkylation sites (tertiary alicyclic amines) is 1. The number of nitrogens with zero attached hydrogens (tertiary/aromatic N) is 2. The summed E-state index contributed by atoms with van der Waals surface area (Å²) in [6, 6.07) is 7.68. The number of piperidine rings is 1. The van der Waals surface area contributed by atoms with Crippen molar-refractivity contribution in [2.45, 2.75) is 32.1 Å². The number of anilines is 1. The standard InChI is InChI=1S/C21H28N2O4/c24-19(17-4-1-2-5-18(17)22-10-12-27-13-11-22)23-9-3-8-21(15-23,20(25)26)14-16-6-7-16/h1-2,4-5,16H,3,6-15H2,(H,25,26)/t21-/m0/s1. The minimum atomic E-state index is -0.775. The number of carbonyl (C=O) groups excluding carboxylic acids is 1. The van der Waals surface area contributed by atoms with E-state index in [2.05, 4.69) is 4.90 Å². The Bertz CT molecular complexity index is 712. The molecule has 3 fully saturated rings. The zero-order chi connectivity index (χ0) is 18.9. The molecule has 1 aromatic carbocycles. The minimum Gasteiger partial charge on any atom is -0.481 e. The molecule has 3 aliphatic rings. The topological polar surface area (TPSA) is 70.1 Å². The van der Waals surface area contributed by atoms with Gasteiger partial charge in [0.1, 0.15) is 0 Å². The molecule has 1 amide bonds. The van der Waals surface area contributed by atoms with Gasteiger partial charge >= 0.3 is 5.97 Å². The molecule has 1 atom stereocenters. The fraction of sp³-hybridized carbons (Fsp3) is 0.619. The summed E-state index contributed by atoms with van der Waals surface area (Å²) in [5.41, 5.74) is 0.828. The van der Waals surface area contributed by atoms with Crippen LogP contribution >= 0.6 is 0 Å². The van der Waals surface area contributed by atoms with Gasteiger partial charge in [0.15, 0.2) is 0 Å². The molecular formula is C21H28N2O4. The van der Waals surface area contributed by atoms with Gasteiger partial charge in [0.2, 0.25) is 0 Å². The van der Waals surface area contributed by atoms with E-state index in [1.165, 1.54) is 0 Å². The Morgan fingerprint density at radius 2 is 1.89 bits per heavy atom. The summed E-state index contributed by atoms with van der Waals surface area (Å²) in [4.78, 5) is 29.4. The summed E-state index contributed by atoms with van der Waals surface area (Å²) in [7, 11) is 0. The fourth-order valence-electron chi connectivity index (χ4n) is 4.51. The summed E-state index contributed by atoms with van der Waals surface area (Å²) < 4.78 is 5.43. The second-order valence-corrected chi connectivity index (χ2v) is 8.18. The van der Waals surface area contributed by atoms with Crippen LogP contribution in [-0.4, -0.2) is 61.3 Å². The zero-order valence-corrected chi connectivity index (χ0v) is 15.7. The molecule has 6 nitrogen and oxygen atoms in total. The number of aliphatic carboxylic acids is 1. The average molecular weight is 372 g/mol. The summed E-state index contributed by atoms with van der Waals surface area (Å²) >= 11 is 0. The Labute approximate surface area is 160 Å². The lowest BCUT2D eigenvalue weighted by Crippen LogP contribution is -2.50. The van der Waals surface area contributed by atoms with E-state index in [4.69, 9.17) is 4.74 Å². The highest BCUT2D eigenvalue weighted by Crippen LogP contribution is 2.45. The lowest BCUT2D eigenvalue weighted by atomic mass is 9.75. The number of para-hydroxylation sites is 1. The zero-order valence-electron chi connectivity index (χ0n) is 15.7. The molecule has 0 radical (unpaired) electrons. The van der Waals surface area contributed by atoms with E-state index in [0.29, 0.717) is 50.6 Å². The first kappa shape index (κ1) is 18.3. The van der Waals surface area contributed by atoms with E-state index < -0.39 is 11.4 Å². The third-order valence-electron chi connectivity index (χ3n) is 6.18. The molecule has 1 saturated carbocycles. The summed E-state index contributed by atoms with van der Waals surface area (Å²) in [5.74, 6) is -0.261. The van der Waals surface area contributed by atoms with Crippen LogP contribution < -0.4 is 4.90 Å². The summed E-state index contributed by atoms with van der Waals surface area (Å²) in [5, 5.41) is 9.93. The highest BCUT2D eigenvalue weighted by molar-refractivity contribution is 6.00. The lowest BCUT2D eigenvalue weighted by molar-refractivity contribution is -0.152. The van der Waals surface area contributed by atoms with E-state index in [-0.39, 0.29) is 5.91 Å². The maximum absolute atomic E-state index is 13.4. The molecule has 0 unspecified atom stereocenters. The van der Waals surface area contributed by atoms with Crippen molar-refractivity contribution in [3.8, 4) is 0 Å². The molecule has 2 saturated heterocycles. The number of amides is 1. The number of carbonyl (C=O) groups is 2. The van der Waals surface area contributed by atoms with Crippen molar-refractivity contribution in [1.29, 1.82) is 0 Å². The van der Waals surface area contributed by atoms with Crippen molar-refractivity contribution in [2.75, 3.05) is 44.3 Å². The third-order valence-corrected chi connectivity index (χ3v) is 6.18. The number of rotatable bonds is 5. The maximum Gasteiger partial charge on any atom is 0.311 e. The van der Waals surface area contributed by atoms with Crippen molar-refractivity contribution >= 4 is 17.6 Å². The predicted molar refractivity (Wildman–Crippen MR) is 102 cm³/mol. The van der Waals surface area contributed by atoms with Gasteiger partial charge in [-0.25, -0.2) is 0 Å². The van der Waals surface area contributed by atoms with E-state index in [1.54, 1.807) is 4.90 Å². The first-order chi connectivity index (χ1) is 13.1. The molecule has 4 rings (SSSR count). The van der Waals surface area contributed by atoms with Crippen molar-refractivity contribution in [1.82, 2.24) is 4.90 Å². The molecule has 6 heteroatoms. The summed E-state index contributed by atoms with van der Waals surface area (Å²) in [6.07, 6.45) is 4.39. The fourth-order valence-corrected chi connectivity index (χ4v) is 4.51. The minimum absolute atomic E-state index is 0.0433. The molecule has 1 aliphatic carbocycles. The number of morpholine rings is 1. The lowest BCUT2D eigenvalue weighted by Gasteiger charge is -2.40. The Morgan fingerprint density at radius 1 is 1.15 bits per heavy atom. The first-order valence-electron chi connectivity index (χ1n) is 10.0. The maximum atomic E-state index is 13.4. The number of hydrogen-bond donors (Lipinski definition) is 1. The normalized spacial score (nSPS) is 26.1. The van der Waals surface area contributed by atoms with Gasteiger partial charge in [-0.05, 0) is 37.3 Å². The Hall–Kier alpha value is -2.08. The molecule has 0 aromatic heterocycles. The number of carboxylic acid groups (broad SMARTS) is 1. The van der Waals surface area contributed by atoms with Gasteiger partial charge in [0.25, 0.3) is 5.91 Å². The van der Waals surface area contributed by atoms with Gasteiger partial charge in [-0.2, -0.15) is 0 Å². The van der Waals surface area contributed by atoms with Crippen molar-refractivity contribution in [2.24, 2.45) is 11.3 Å². The van der Waals surface area contributed by atoms with Gasteiger partial charge < -0.3 is 19.6 Å². The molecule has 0 spiro atoms. The number of ether oxygens (including phenoxy) is 1. The number of hydrogen-bond acceptors (Lipinski definition) is 4. The van der Waals surface area contributed by atoms with Crippen LogP contribution in [0.5, 0.6) is 0 Å². The molecule has 146 valence electrons. The van der Waals surface area contributed by atoms with Gasteiger partial charge in [0.05, 0.1) is 24.2 Å². The van der Waals surface area contributed by atoms with Crippen LogP contribution in [0, 0.1) is 11.3 Å². The van der Waals surface area contributed by atoms with Crippen LogP contribution in [0.4, 0.5) is 5.69 Å². The van der Waals surface area contributed by atoms with Crippen molar-refractivity contribution < 1.29 is 19.4 Å². The smallest absolute Gasteiger partial charge is 0.311 e. The Kier molecular flexibility index (Phi) is 5.08. The van der Waals surface area contributed by atoms with E-state index in [1.807, 2.05) is 24.3 Å². The molecular weight excluding hydrogens is 344 g/mol. The van der Waals surface area contributed by atoms with Gasteiger partial charge in [-0.1, -0.05) is 25.0 Å². The monoisotopic (exact) mass is 372 g/mol. The van der Waals surface area contributed by atoms with Crippen LogP contribution in [0.15, 0.2) is 24.3 Å². The molecule has 2 heterocycles. The van der Waals surface area contributed by atoms with Crippen LogP contribution in [0.1, 0.15) is 42.5 Å². The van der Waals surface area contributed by atoms with E-state index >= 15 is 0 Å². The number of benzene rings is 1. The number of carboxylic acids is 1. The molecule has 1 N–H and O–H groups in total. The second-order valence-electron chi connectivity index (χ2n) is 8.18. The Balaban J connectivity index is 1.56. The molecule has 2 aliphatic heterocycles. The Morgan fingerprint density at radius 3 is 2.59 bits per heavy atom. The highest BCUT2D eigenvalue weighted by Gasteiger charge is 2.47.